The zero-order chi connectivity index (χ0) is 13.2. The van der Waals surface area contributed by atoms with Gasteiger partial charge in [0.1, 0.15) is 4.90 Å². The summed E-state index contributed by atoms with van der Waals surface area (Å²) in [5.41, 5.74) is 0. The molecule has 0 amide bonds. The highest BCUT2D eigenvalue weighted by atomic mass is 35.5. The molecule has 0 aliphatic carbocycles. The average molecular weight is 290 g/mol. The molecule has 1 unspecified atom stereocenters. The van der Waals surface area contributed by atoms with Gasteiger partial charge in [0.2, 0.25) is 15.3 Å². The van der Waals surface area contributed by atoms with Crippen molar-refractivity contribution >= 4 is 21.6 Å². The number of piperidine rings is 1. The summed E-state index contributed by atoms with van der Waals surface area (Å²) >= 11 is 5.57. The molecule has 1 aliphatic heterocycles. The highest BCUT2D eigenvalue weighted by Crippen LogP contribution is 2.26. The molecule has 2 heterocycles. The lowest BCUT2D eigenvalue weighted by atomic mass is 10.0. The molecular weight excluding hydrogens is 274 g/mol. The molecule has 1 aliphatic rings. The molecule has 5 nitrogen and oxygen atoms in total. The fourth-order valence-corrected chi connectivity index (χ4v) is 4.02. The number of rotatable bonds is 3. The Hall–Kier alpha value is -0.720. The molecule has 1 atom stereocenters. The van der Waals surface area contributed by atoms with Gasteiger partial charge in [-0.25, -0.2) is 18.4 Å². The Morgan fingerprint density at radius 3 is 2.67 bits per heavy atom. The molecule has 100 valence electrons. The second-order valence-corrected chi connectivity index (χ2v) is 6.59. The van der Waals surface area contributed by atoms with Crippen molar-refractivity contribution in [3.63, 3.8) is 0 Å². The van der Waals surface area contributed by atoms with Crippen LogP contribution in [-0.2, 0) is 10.0 Å². The minimum absolute atomic E-state index is 0.0552. The van der Waals surface area contributed by atoms with Crippen LogP contribution in [0.25, 0.3) is 0 Å². The molecule has 0 saturated carbocycles. The van der Waals surface area contributed by atoms with E-state index in [9.17, 15) is 8.42 Å². The number of hydrogen-bond acceptors (Lipinski definition) is 4. The van der Waals surface area contributed by atoms with Crippen molar-refractivity contribution in [1.29, 1.82) is 0 Å². The number of nitrogens with zero attached hydrogens (tertiary/aromatic N) is 3. The summed E-state index contributed by atoms with van der Waals surface area (Å²) in [6.45, 7) is 2.58. The van der Waals surface area contributed by atoms with E-state index in [0.717, 1.165) is 25.7 Å². The van der Waals surface area contributed by atoms with E-state index < -0.39 is 10.0 Å². The Morgan fingerprint density at radius 1 is 1.39 bits per heavy atom. The minimum Gasteiger partial charge on any atom is -0.225 e. The van der Waals surface area contributed by atoms with Gasteiger partial charge in [0.05, 0.1) is 12.4 Å². The van der Waals surface area contributed by atoms with Gasteiger partial charge in [-0.05, 0) is 30.9 Å². The second kappa shape index (κ2) is 5.50. The molecule has 1 saturated heterocycles. The summed E-state index contributed by atoms with van der Waals surface area (Å²) in [5, 5.41) is 0.0552. The molecule has 18 heavy (non-hydrogen) atoms. The Bertz CT molecular complexity index is 504. The smallest absolute Gasteiger partial charge is 0.225 e. The van der Waals surface area contributed by atoms with E-state index in [1.807, 2.05) is 6.92 Å². The van der Waals surface area contributed by atoms with Gasteiger partial charge in [0.25, 0.3) is 0 Å². The number of aromatic nitrogens is 2. The molecule has 1 aromatic heterocycles. The van der Waals surface area contributed by atoms with Crippen LogP contribution in [-0.4, -0.2) is 35.3 Å². The van der Waals surface area contributed by atoms with Crippen LogP contribution in [0.4, 0.5) is 0 Å². The maximum atomic E-state index is 12.5. The predicted octanol–water partition coefficient (Wildman–Crippen LogP) is 2.08. The van der Waals surface area contributed by atoms with Gasteiger partial charge in [-0.3, -0.25) is 0 Å². The van der Waals surface area contributed by atoms with Crippen molar-refractivity contribution in [2.45, 2.75) is 43.5 Å². The summed E-state index contributed by atoms with van der Waals surface area (Å²) in [6, 6.07) is 0.0828. The van der Waals surface area contributed by atoms with Gasteiger partial charge in [-0.15, -0.1) is 0 Å². The summed E-state index contributed by atoms with van der Waals surface area (Å²) in [4.78, 5) is 7.60. The number of halogens is 1. The van der Waals surface area contributed by atoms with Crippen LogP contribution in [0.15, 0.2) is 17.3 Å². The summed E-state index contributed by atoms with van der Waals surface area (Å²) in [7, 11) is -3.49. The van der Waals surface area contributed by atoms with E-state index in [1.165, 1.54) is 12.4 Å². The first-order chi connectivity index (χ1) is 8.55. The molecule has 1 fully saturated rings. The molecule has 7 heteroatoms. The molecule has 0 aromatic carbocycles. The maximum absolute atomic E-state index is 12.5. The topological polar surface area (TPSA) is 63.2 Å². The fraction of sp³-hybridized carbons (Fsp3) is 0.636. The average Bonchev–Trinajstić information content (AvgIpc) is 2.39. The Balaban J connectivity index is 2.32. The molecule has 2 rings (SSSR count). The van der Waals surface area contributed by atoms with Crippen molar-refractivity contribution in [3.8, 4) is 0 Å². The number of sulfonamides is 1. The first-order valence-corrected chi connectivity index (χ1v) is 7.87. The van der Waals surface area contributed by atoms with E-state index in [-0.39, 0.29) is 16.2 Å². The first-order valence-electron chi connectivity index (χ1n) is 6.05. The Morgan fingerprint density at radius 2 is 2.06 bits per heavy atom. The van der Waals surface area contributed by atoms with Gasteiger partial charge in [-0.1, -0.05) is 13.3 Å². The van der Waals surface area contributed by atoms with Gasteiger partial charge in [0.15, 0.2) is 0 Å². The van der Waals surface area contributed by atoms with Gasteiger partial charge in [-0.2, -0.15) is 4.31 Å². The lowest BCUT2D eigenvalue weighted by Gasteiger charge is -2.33. The van der Waals surface area contributed by atoms with Crippen molar-refractivity contribution in [2.75, 3.05) is 6.54 Å². The van der Waals surface area contributed by atoms with Crippen LogP contribution in [0.2, 0.25) is 5.28 Å². The van der Waals surface area contributed by atoms with E-state index >= 15 is 0 Å². The Labute approximate surface area is 112 Å². The molecule has 0 N–H and O–H groups in total. The van der Waals surface area contributed by atoms with Gasteiger partial charge >= 0.3 is 0 Å². The van der Waals surface area contributed by atoms with E-state index in [2.05, 4.69) is 9.97 Å². The zero-order valence-corrected chi connectivity index (χ0v) is 11.8. The summed E-state index contributed by atoms with van der Waals surface area (Å²) < 4.78 is 26.5. The molecule has 0 radical (unpaired) electrons. The highest BCUT2D eigenvalue weighted by Gasteiger charge is 2.32. The van der Waals surface area contributed by atoms with Crippen LogP contribution in [0, 0.1) is 0 Å². The third-order valence-corrected chi connectivity index (χ3v) is 5.35. The molecular formula is C11H16ClN3O2S. The SMILES string of the molecule is CCC1CCCCN1S(=O)(=O)c1cnc(Cl)nc1. The van der Waals surface area contributed by atoms with Crippen LogP contribution in [0.5, 0.6) is 0 Å². The van der Waals surface area contributed by atoms with Crippen LogP contribution < -0.4 is 0 Å². The fourth-order valence-electron chi connectivity index (χ4n) is 2.27. The van der Waals surface area contributed by atoms with Crippen molar-refractivity contribution in [2.24, 2.45) is 0 Å². The Kier molecular flexibility index (Phi) is 4.19. The standard InChI is InChI=1S/C11H16ClN3O2S/c1-2-9-5-3-4-6-15(9)18(16,17)10-7-13-11(12)14-8-10/h7-9H,2-6H2,1H3. The van der Waals surface area contributed by atoms with E-state index in [1.54, 1.807) is 4.31 Å². The summed E-state index contributed by atoms with van der Waals surface area (Å²) in [6.07, 6.45) is 6.28. The number of hydrogen-bond donors (Lipinski definition) is 0. The zero-order valence-electron chi connectivity index (χ0n) is 10.2. The molecule has 0 spiro atoms. The van der Waals surface area contributed by atoms with Gasteiger partial charge in [0, 0.05) is 12.6 Å². The quantitative estimate of drug-likeness (QED) is 0.799. The monoisotopic (exact) mass is 289 g/mol. The van der Waals surface area contributed by atoms with Crippen molar-refractivity contribution in [1.82, 2.24) is 14.3 Å². The third kappa shape index (κ3) is 2.65. The van der Waals surface area contributed by atoms with Crippen LogP contribution in [0.1, 0.15) is 32.6 Å². The maximum Gasteiger partial charge on any atom is 0.246 e. The lowest BCUT2D eigenvalue weighted by Crippen LogP contribution is -2.43. The van der Waals surface area contributed by atoms with Crippen molar-refractivity contribution in [3.05, 3.63) is 17.7 Å². The predicted molar refractivity (Wildman–Crippen MR) is 68.9 cm³/mol. The lowest BCUT2D eigenvalue weighted by molar-refractivity contribution is 0.246. The van der Waals surface area contributed by atoms with E-state index in [4.69, 9.17) is 11.6 Å². The second-order valence-electron chi connectivity index (χ2n) is 4.36. The minimum atomic E-state index is -3.49. The summed E-state index contributed by atoms with van der Waals surface area (Å²) in [5.74, 6) is 0. The first kappa shape index (κ1) is 13.7. The van der Waals surface area contributed by atoms with Gasteiger partial charge < -0.3 is 0 Å². The molecule has 1 aromatic rings. The van der Waals surface area contributed by atoms with Crippen LogP contribution >= 0.6 is 11.6 Å². The highest BCUT2D eigenvalue weighted by molar-refractivity contribution is 7.89. The van der Waals surface area contributed by atoms with E-state index in [0.29, 0.717) is 6.54 Å². The largest absolute Gasteiger partial charge is 0.246 e. The van der Waals surface area contributed by atoms with Crippen LogP contribution in [0.3, 0.4) is 0 Å². The van der Waals surface area contributed by atoms with Crippen molar-refractivity contribution < 1.29 is 8.42 Å². The third-order valence-electron chi connectivity index (χ3n) is 3.25. The molecule has 0 bridgehead atoms. The normalized spacial score (nSPS) is 22.0.